The zero-order valence-corrected chi connectivity index (χ0v) is 7.74. The maximum Gasteiger partial charge on any atom is 0.186 e. The number of pyridine rings is 1. The Kier molecular flexibility index (Phi) is 2.37. The number of aromatic nitrogens is 3. The van der Waals surface area contributed by atoms with Crippen LogP contribution in [0.1, 0.15) is 0 Å². The van der Waals surface area contributed by atoms with Crippen molar-refractivity contribution in [3.05, 3.63) is 41.8 Å². The molecule has 2 rings (SSSR count). The van der Waals surface area contributed by atoms with Crippen LogP contribution < -0.4 is 0 Å². The molecule has 70 valence electrons. The molecule has 0 unspecified atom stereocenters. The molecular weight excluding hydrogens is 205 g/mol. The predicted molar refractivity (Wildman–Crippen MR) is 50.2 cm³/mol. The largest absolute Gasteiger partial charge is 0.264 e. The van der Waals surface area contributed by atoms with Gasteiger partial charge in [0, 0.05) is 18.0 Å². The molecular formula is C9H5ClFN3. The lowest BCUT2D eigenvalue weighted by Gasteiger charge is -2.01. The Morgan fingerprint density at radius 1 is 1.29 bits per heavy atom. The van der Waals surface area contributed by atoms with Crippen molar-refractivity contribution >= 4 is 11.6 Å². The van der Waals surface area contributed by atoms with Crippen molar-refractivity contribution in [1.29, 1.82) is 0 Å². The molecule has 0 aliphatic heterocycles. The van der Waals surface area contributed by atoms with Gasteiger partial charge in [0.05, 0.1) is 0 Å². The van der Waals surface area contributed by atoms with Gasteiger partial charge in [0.25, 0.3) is 0 Å². The molecule has 14 heavy (non-hydrogen) atoms. The van der Waals surface area contributed by atoms with E-state index < -0.39 is 5.82 Å². The third-order valence-electron chi connectivity index (χ3n) is 1.68. The standard InChI is InChI=1S/C9H5ClFN3/c10-9-7(11)8(13-5-14-9)6-2-1-3-12-4-6/h1-5H. The number of nitrogens with zero attached hydrogens (tertiary/aromatic N) is 3. The molecule has 0 saturated carbocycles. The molecule has 2 aromatic heterocycles. The van der Waals surface area contributed by atoms with Gasteiger partial charge in [-0.2, -0.15) is 0 Å². The lowest BCUT2D eigenvalue weighted by atomic mass is 10.2. The van der Waals surface area contributed by atoms with Gasteiger partial charge in [-0.15, -0.1) is 0 Å². The third-order valence-corrected chi connectivity index (χ3v) is 1.95. The summed E-state index contributed by atoms with van der Waals surface area (Å²) in [6, 6.07) is 3.40. The van der Waals surface area contributed by atoms with Crippen LogP contribution in [-0.2, 0) is 0 Å². The molecule has 3 nitrogen and oxygen atoms in total. The minimum Gasteiger partial charge on any atom is -0.264 e. The zero-order chi connectivity index (χ0) is 9.97. The van der Waals surface area contributed by atoms with E-state index in [0.717, 1.165) is 0 Å². The highest BCUT2D eigenvalue weighted by Gasteiger charge is 2.10. The maximum atomic E-state index is 13.4. The summed E-state index contributed by atoms with van der Waals surface area (Å²) in [6.07, 6.45) is 4.33. The molecule has 0 bridgehead atoms. The van der Waals surface area contributed by atoms with Crippen molar-refractivity contribution in [3.63, 3.8) is 0 Å². The molecule has 0 aromatic carbocycles. The van der Waals surface area contributed by atoms with E-state index in [4.69, 9.17) is 11.6 Å². The quantitative estimate of drug-likeness (QED) is 0.677. The van der Waals surface area contributed by atoms with Gasteiger partial charge in [0.1, 0.15) is 12.0 Å². The van der Waals surface area contributed by atoms with E-state index in [2.05, 4.69) is 15.0 Å². The second kappa shape index (κ2) is 3.67. The first-order chi connectivity index (χ1) is 6.79. The van der Waals surface area contributed by atoms with Crippen molar-refractivity contribution in [2.24, 2.45) is 0 Å². The molecule has 0 atom stereocenters. The van der Waals surface area contributed by atoms with Crippen LogP contribution in [0.5, 0.6) is 0 Å². The molecule has 0 aliphatic rings. The summed E-state index contributed by atoms with van der Waals surface area (Å²) < 4.78 is 13.4. The summed E-state index contributed by atoms with van der Waals surface area (Å²) in [5.74, 6) is -0.623. The predicted octanol–water partition coefficient (Wildman–Crippen LogP) is 2.33. The molecule has 5 heteroatoms. The first-order valence-corrected chi connectivity index (χ1v) is 4.23. The molecule has 0 radical (unpaired) electrons. The van der Waals surface area contributed by atoms with Crippen LogP contribution in [0.25, 0.3) is 11.3 Å². The SMILES string of the molecule is Fc1c(Cl)ncnc1-c1cccnc1. The summed E-state index contributed by atoms with van der Waals surface area (Å²) in [5.41, 5.74) is 0.743. The molecule has 2 heterocycles. The van der Waals surface area contributed by atoms with Crippen molar-refractivity contribution in [2.45, 2.75) is 0 Å². The molecule has 0 fully saturated rings. The van der Waals surface area contributed by atoms with Gasteiger partial charge in [-0.1, -0.05) is 11.6 Å². The van der Waals surface area contributed by atoms with E-state index in [9.17, 15) is 4.39 Å². The van der Waals surface area contributed by atoms with Crippen molar-refractivity contribution in [1.82, 2.24) is 15.0 Å². The molecule has 0 spiro atoms. The molecule has 0 saturated heterocycles. The van der Waals surface area contributed by atoms with E-state index in [0.29, 0.717) is 5.56 Å². The van der Waals surface area contributed by atoms with E-state index in [1.807, 2.05) is 0 Å². The smallest absolute Gasteiger partial charge is 0.186 e. The van der Waals surface area contributed by atoms with Gasteiger partial charge in [-0.05, 0) is 12.1 Å². The summed E-state index contributed by atoms with van der Waals surface area (Å²) in [6.45, 7) is 0. The Morgan fingerprint density at radius 3 is 2.86 bits per heavy atom. The summed E-state index contributed by atoms with van der Waals surface area (Å²) in [7, 11) is 0. The molecule has 2 aromatic rings. The van der Waals surface area contributed by atoms with Gasteiger partial charge in [0.15, 0.2) is 11.0 Å². The molecule has 0 amide bonds. The van der Waals surface area contributed by atoms with Crippen LogP contribution in [-0.4, -0.2) is 15.0 Å². The highest BCUT2D eigenvalue weighted by atomic mass is 35.5. The second-order valence-corrected chi connectivity index (χ2v) is 2.93. The van der Waals surface area contributed by atoms with E-state index in [1.54, 1.807) is 18.3 Å². The Bertz CT molecular complexity index is 447. The first-order valence-electron chi connectivity index (χ1n) is 3.85. The Labute approximate surface area is 84.6 Å². The van der Waals surface area contributed by atoms with Crippen LogP contribution in [0.15, 0.2) is 30.9 Å². The normalized spacial score (nSPS) is 10.1. The van der Waals surface area contributed by atoms with E-state index in [1.165, 1.54) is 12.5 Å². The van der Waals surface area contributed by atoms with Gasteiger partial charge in [0.2, 0.25) is 0 Å². The lowest BCUT2D eigenvalue weighted by molar-refractivity contribution is 0.618. The van der Waals surface area contributed by atoms with Gasteiger partial charge in [-0.3, -0.25) is 4.98 Å². The zero-order valence-electron chi connectivity index (χ0n) is 6.98. The monoisotopic (exact) mass is 209 g/mol. The fourth-order valence-electron chi connectivity index (χ4n) is 1.05. The second-order valence-electron chi connectivity index (χ2n) is 2.57. The van der Waals surface area contributed by atoms with Crippen LogP contribution in [0.3, 0.4) is 0 Å². The minimum absolute atomic E-state index is 0.165. The van der Waals surface area contributed by atoms with Crippen molar-refractivity contribution in [2.75, 3.05) is 0 Å². The Hall–Kier alpha value is -1.55. The van der Waals surface area contributed by atoms with Gasteiger partial charge in [-0.25, -0.2) is 14.4 Å². The molecule has 0 N–H and O–H groups in total. The minimum atomic E-state index is -0.623. The van der Waals surface area contributed by atoms with E-state index in [-0.39, 0.29) is 10.8 Å². The average molecular weight is 210 g/mol. The van der Waals surface area contributed by atoms with Crippen LogP contribution in [0.2, 0.25) is 5.15 Å². The number of rotatable bonds is 1. The van der Waals surface area contributed by atoms with Crippen LogP contribution in [0, 0.1) is 5.82 Å². The highest BCUT2D eigenvalue weighted by molar-refractivity contribution is 6.29. The third kappa shape index (κ3) is 1.56. The number of hydrogen-bond acceptors (Lipinski definition) is 3. The Morgan fingerprint density at radius 2 is 2.14 bits per heavy atom. The average Bonchev–Trinajstić information content (AvgIpc) is 2.23. The van der Waals surface area contributed by atoms with Crippen LogP contribution in [0.4, 0.5) is 4.39 Å². The maximum absolute atomic E-state index is 13.4. The summed E-state index contributed by atoms with van der Waals surface area (Å²) in [4.78, 5) is 11.2. The summed E-state index contributed by atoms with van der Waals surface area (Å²) in [5, 5.41) is -0.182. The van der Waals surface area contributed by atoms with Crippen molar-refractivity contribution in [3.8, 4) is 11.3 Å². The highest BCUT2D eigenvalue weighted by Crippen LogP contribution is 2.22. The van der Waals surface area contributed by atoms with Crippen molar-refractivity contribution < 1.29 is 4.39 Å². The first kappa shape index (κ1) is 9.02. The van der Waals surface area contributed by atoms with Gasteiger partial charge < -0.3 is 0 Å². The van der Waals surface area contributed by atoms with Gasteiger partial charge >= 0.3 is 0 Å². The topological polar surface area (TPSA) is 38.7 Å². The van der Waals surface area contributed by atoms with Crippen LogP contribution >= 0.6 is 11.6 Å². The van der Waals surface area contributed by atoms with E-state index >= 15 is 0 Å². The Balaban J connectivity index is 2.58. The molecule has 0 aliphatic carbocycles. The fourth-order valence-corrected chi connectivity index (χ4v) is 1.19. The number of hydrogen-bond donors (Lipinski definition) is 0. The fraction of sp³-hybridized carbons (Fsp3) is 0. The lowest BCUT2D eigenvalue weighted by Crippen LogP contribution is -1.92. The summed E-state index contributed by atoms with van der Waals surface area (Å²) >= 11 is 5.52. The number of halogens is 2.